The normalized spacial score (nSPS) is 12.5. The Morgan fingerprint density at radius 3 is 2.85 bits per heavy atom. The fourth-order valence-electron chi connectivity index (χ4n) is 0.864. The number of allylic oxidation sites excluding steroid dienone is 1. The highest BCUT2D eigenvalue weighted by Crippen LogP contribution is 2.13. The Kier molecular flexibility index (Phi) is 3.25. The van der Waals surface area contributed by atoms with Gasteiger partial charge in [0.15, 0.2) is 0 Å². The van der Waals surface area contributed by atoms with E-state index in [1.807, 2.05) is 6.08 Å². The molecule has 1 aromatic heterocycles. The molecule has 0 unspecified atom stereocenters. The molecule has 1 aromatic rings. The van der Waals surface area contributed by atoms with Crippen LogP contribution in [0, 0.1) is 5.92 Å². The summed E-state index contributed by atoms with van der Waals surface area (Å²) in [5.74, 6) is 0.872. The Bertz CT molecular complexity index is 300. The van der Waals surface area contributed by atoms with Crippen molar-refractivity contribution in [1.82, 2.24) is 4.98 Å². The zero-order valence-electron chi connectivity index (χ0n) is 8.24. The van der Waals surface area contributed by atoms with Gasteiger partial charge in [-0.1, -0.05) is 19.4 Å². The smallest absolute Gasteiger partial charge is 0.220 e. The SMILES string of the molecule is C/C(=C\c1coc(CO)n1)C(C)C. The number of oxazole rings is 1. The van der Waals surface area contributed by atoms with E-state index in [1.54, 1.807) is 6.26 Å². The van der Waals surface area contributed by atoms with Crippen LogP contribution in [0.25, 0.3) is 6.08 Å². The van der Waals surface area contributed by atoms with Crippen molar-refractivity contribution in [3.05, 3.63) is 23.4 Å². The third-order valence-corrected chi connectivity index (χ3v) is 1.99. The van der Waals surface area contributed by atoms with Crippen LogP contribution in [0.1, 0.15) is 32.4 Å². The van der Waals surface area contributed by atoms with Gasteiger partial charge in [0.25, 0.3) is 0 Å². The van der Waals surface area contributed by atoms with E-state index in [-0.39, 0.29) is 6.61 Å². The summed E-state index contributed by atoms with van der Waals surface area (Å²) in [6, 6.07) is 0. The summed E-state index contributed by atoms with van der Waals surface area (Å²) in [6.45, 7) is 6.16. The van der Waals surface area contributed by atoms with E-state index < -0.39 is 0 Å². The van der Waals surface area contributed by atoms with Crippen LogP contribution in [-0.2, 0) is 6.61 Å². The predicted octanol–water partition coefficient (Wildman–Crippen LogP) is 2.23. The molecule has 3 nitrogen and oxygen atoms in total. The number of rotatable bonds is 3. The average Bonchev–Trinajstić information content (AvgIpc) is 2.52. The van der Waals surface area contributed by atoms with Gasteiger partial charge in [0.2, 0.25) is 5.89 Å². The van der Waals surface area contributed by atoms with Gasteiger partial charge >= 0.3 is 0 Å². The van der Waals surface area contributed by atoms with Gasteiger partial charge in [-0.25, -0.2) is 4.98 Å². The first kappa shape index (κ1) is 9.99. The van der Waals surface area contributed by atoms with Crippen molar-refractivity contribution in [1.29, 1.82) is 0 Å². The van der Waals surface area contributed by atoms with Gasteiger partial charge in [0.1, 0.15) is 18.6 Å². The molecule has 0 aliphatic heterocycles. The Morgan fingerprint density at radius 2 is 2.38 bits per heavy atom. The molecule has 0 amide bonds. The maximum atomic E-state index is 8.72. The molecule has 0 aliphatic carbocycles. The zero-order valence-corrected chi connectivity index (χ0v) is 8.24. The molecule has 1 heterocycles. The molecular weight excluding hydrogens is 166 g/mol. The molecule has 1 rings (SSSR count). The van der Waals surface area contributed by atoms with Gasteiger partial charge in [-0.3, -0.25) is 0 Å². The summed E-state index contributed by atoms with van der Waals surface area (Å²) in [5.41, 5.74) is 2.02. The van der Waals surface area contributed by atoms with Gasteiger partial charge < -0.3 is 9.52 Å². The molecule has 72 valence electrons. The standard InChI is InChI=1S/C10H15NO2/c1-7(2)8(3)4-9-6-13-10(5-12)11-9/h4,6-7,12H,5H2,1-3H3/b8-4+. The summed E-state index contributed by atoms with van der Waals surface area (Å²) in [7, 11) is 0. The second kappa shape index (κ2) is 4.23. The fourth-order valence-corrected chi connectivity index (χ4v) is 0.864. The predicted molar refractivity (Wildman–Crippen MR) is 50.9 cm³/mol. The second-order valence-corrected chi connectivity index (χ2v) is 3.37. The lowest BCUT2D eigenvalue weighted by Gasteiger charge is -2.02. The summed E-state index contributed by atoms with van der Waals surface area (Å²) in [4.78, 5) is 4.06. The molecule has 0 spiro atoms. The Balaban J connectivity index is 2.79. The maximum absolute atomic E-state index is 8.72. The van der Waals surface area contributed by atoms with Crippen molar-refractivity contribution in [2.24, 2.45) is 5.92 Å². The van der Waals surface area contributed by atoms with Crippen molar-refractivity contribution < 1.29 is 9.52 Å². The van der Waals surface area contributed by atoms with E-state index in [1.165, 1.54) is 5.57 Å². The highest BCUT2D eigenvalue weighted by molar-refractivity contribution is 5.47. The van der Waals surface area contributed by atoms with E-state index in [2.05, 4.69) is 25.8 Å². The van der Waals surface area contributed by atoms with E-state index in [0.29, 0.717) is 11.8 Å². The van der Waals surface area contributed by atoms with Crippen LogP contribution in [-0.4, -0.2) is 10.1 Å². The summed E-state index contributed by atoms with van der Waals surface area (Å²) in [6.07, 6.45) is 3.52. The van der Waals surface area contributed by atoms with E-state index >= 15 is 0 Å². The van der Waals surface area contributed by atoms with Crippen LogP contribution in [0.4, 0.5) is 0 Å². The molecular formula is C10H15NO2. The first-order chi connectivity index (χ1) is 6.13. The van der Waals surface area contributed by atoms with Gasteiger partial charge in [-0.15, -0.1) is 0 Å². The second-order valence-electron chi connectivity index (χ2n) is 3.37. The topological polar surface area (TPSA) is 46.3 Å². The molecule has 0 fully saturated rings. The lowest BCUT2D eigenvalue weighted by Crippen LogP contribution is -1.88. The van der Waals surface area contributed by atoms with Crippen molar-refractivity contribution >= 4 is 6.08 Å². The van der Waals surface area contributed by atoms with E-state index in [9.17, 15) is 0 Å². The van der Waals surface area contributed by atoms with Crippen molar-refractivity contribution in [3.63, 3.8) is 0 Å². The average molecular weight is 181 g/mol. The largest absolute Gasteiger partial charge is 0.446 e. The highest BCUT2D eigenvalue weighted by atomic mass is 16.4. The minimum absolute atomic E-state index is 0.144. The summed E-state index contributed by atoms with van der Waals surface area (Å²) < 4.78 is 4.99. The highest BCUT2D eigenvalue weighted by Gasteiger charge is 2.01. The maximum Gasteiger partial charge on any atom is 0.220 e. The molecule has 0 aromatic carbocycles. The van der Waals surface area contributed by atoms with Gasteiger partial charge in [0.05, 0.1) is 0 Å². The third-order valence-electron chi connectivity index (χ3n) is 1.99. The molecule has 1 N–H and O–H groups in total. The quantitative estimate of drug-likeness (QED) is 0.777. The van der Waals surface area contributed by atoms with E-state index in [0.717, 1.165) is 5.69 Å². The van der Waals surface area contributed by atoms with Crippen LogP contribution in [0.3, 0.4) is 0 Å². The number of aliphatic hydroxyl groups excluding tert-OH is 1. The molecule has 0 bridgehead atoms. The Labute approximate surface area is 78.1 Å². The van der Waals surface area contributed by atoms with Crippen LogP contribution in [0.2, 0.25) is 0 Å². The van der Waals surface area contributed by atoms with Gasteiger partial charge in [-0.2, -0.15) is 0 Å². The van der Waals surface area contributed by atoms with Crippen LogP contribution < -0.4 is 0 Å². The number of hydrogen-bond donors (Lipinski definition) is 1. The summed E-state index contributed by atoms with van der Waals surface area (Å²) >= 11 is 0. The van der Waals surface area contributed by atoms with Crippen LogP contribution >= 0.6 is 0 Å². The summed E-state index contributed by atoms with van der Waals surface area (Å²) in [5, 5.41) is 8.72. The molecule has 0 saturated heterocycles. The molecule has 13 heavy (non-hydrogen) atoms. The molecule has 0 saturated carbocycles. The lowest BCUT2D eigenvalue weighted by atomic mass is 10.0. The number of aromatic nitrogens is 1. The van der Waals surface area contributed by atoms with Crippen LogP contribution in [0.5, 0.6) is 0 Å². The van der Waals surface area contributed by atoms with Crippen LogP contribution in [0.15, 0.2) is 16.3 Å². The number of aliphatic hydroxyl groups is 1. The molecule has 0 aliphatic rings. The Morgan fingerprint density at radius 1 is 1.69 bits per heavy atom. The van der Waals surface area contributed by atoms with Gasteiger partial charge in [0, 0.05) is 0 Å². The molecule has 0 atom stereocenters. The fraction of sp³-hybridized carbons (Fsp3) is 0.500. The first-order valence-corrected chi connectivity index (χ1v) is 4.37. The Hall–Kier alpha value is -1.09. The molecule has 3 heteroatoms. The number of nitrogens with zero attached hydrogens (tertiary/aromatic N) is 1. The lowest BCUT2D eigenvalue weighted by molar-refractivity contribution is 0.240. The minimum Gasteiger partial charge on any atom is -0.446 e. The number of hydrogen-bond acceptors (Lipinski definition) is 3. The van der Waals surface area contributed by atoms with Crippen molar-refractivity contribution in [2.75, 3.05) is 0 Å². The monoisotopic (exact) mass is 181 g/mol. The van der Waals surface area contributed by atoms with Gasteiger partial charge in [-0.05, 0) is 18.9 Å². The van der Waals surface area contributed by atoms with E-state index in [4.69, 9.17) is 9.52 Å². The molecule has 0 radical (unpaired) electrons. The van der Waals surface area contributed by atoms with Crippen molar-refractivity contribution in [2.45, 2.75) is 27.4 Å². The first-order valence-electron chi connectivity index (χ1n) is 4.37. The minimum atomic E-state index is -0.144. The van der Waals surface area contributed by atoms with Crippen molar-refractivity contribution in [3.8, 4) is 0 Å². The third kappa shape index (κ3) is 2.70. The zero-order chi connectivity index (χ0) is 9.84.